The maximum Gasteiger partial charge on any atom is 0.313 e. The van der Waals surface area contributed by atoms with Crippen LogP contribution in [0.1, 0.15) is 12.5 Å². The summed E-state index contributed by atoms with van der Waals surface area (Å²) in [6.07, 6.45) is 2.10. The molecule has 3 heterocycles. The van der Waals surface area contributed by atoms with Crippen LogP contribution in [0.25, 0.3) is 10.9 Å². The fourth-order valence-corrected chi connectivity index (χ4v) is 4.88. The third kappa shape index (κ3) is 3.08. The number of ether oxygens (including phenoxy) is 1. The zero-order valence-corrected chi connectivity index (χ0v) is 16.4. The molecule has 7 heteroatoms. The zero-order chi connectivity index (χ0) is 19.9. The summed E-state index contributed by atoms with van der Waals surface area (Å²) in [4.78, 5) is 28.2. The summed E-state index contributed by atoms with van der Waals surface area (Å²) in [5.41, 5.74) is 1.53. The molecule has 0 bridgehead atoms. The molecule has 2 fully saturated rings. The number of aryl methyl sites for hydroxylation is 1. The number of rotatable bonds is 6. The Bertz CT molecular complexity index is 908. The predicted octanol–water partition coefficient (Wildman–Crippen LogP) is 1.65. The fraction of sp³-hybridized carbons (Fsp3) is 0.524. The Hall–Kier alpha value is -2.38. The largest absolute Gasteiger partial charge is 0.481 e. The van der Waals surface area contributed by atoms with E-state index in [0.29, 0.717) is 19.6 Å². The van der Waals surface area contributed by atoms with E-state index in [9.17, 15) is 14.7 Å². The average molecular weight is 385 g/mol. The number of likely N-dealkylation sites (tertiary alicyclic amines) is 2. The molecule has 28 heavy (non-hydrogen) atoms. The number of amides is 1. The number of carbonyl (C=O) groups excluding carboxylic acids is 1. The molecule has 1 aromatic carbocycles. The third-order valence-electron chi connectivity index (χ3n) is 6.31. The van der Waals surface area contributed by atoms with Crippen LogP contribution >= 0.6 is 0 Å². The van der Waals surface area contributed by atoms with E-state index >= 15 is 0 Å². The lowest BCUT2D eigenvalue weighted by atomic mass is 9.81. The Kier molecular flexibility index (Phi) is 4.89. The van der Waals surface area contributed by atoms with E-state index in [1.165, 1.54) is 23.6 Å². The van der Waals surface area contributed by atoms with Gasteiger partial charge < -0.3 is 19.3 Å². The molecule has 1 aromatic heterocycles. The summed E-state index contributed by atoms with van der Waals surface area (Å²) in [5, 5.41) is 11.2. The summed E-state index contributed by atoms with van der Waals surface area (Å²) in [6, 6.07) is 8.59. The van der Waals surface area contributed by atoms with E-state index in [4.69, 9.17) is 4.74 Å². The molecule has 0 aliphatic carbocycles. The number of hydrogen-bond acceptors (Lipinski definition) is 4. The van der Waals surface area contributed by atoms with Crippen LogP contribution < -0.4 is 0 Å². The number of carboxylic acid groups (broad SMARTS) is 1. The Balaban J connectivity index is 1.49. The van der Waals surface area contributed by atoms with Gasteiger partial charge in [-0.2, -0.15) is 0 Å². The van der Waals surface area contributed by atoms with Gasteiger partial charge in [0.25, 0.3) is 0 Å². The van der Waals surface area contributed by atoms with Gasteiger partial charge in [0.15, 0.2) is 0 Å². The van der Waals surface area contributed by atoms with Gasteiger partial charge in [-0.15, -0.1) is 0 Å². The number of aliphatic carboxylic acids is 1. The Morgan fingerprint density at radius 3 is 2.75 bits per heavy atom. The van der Waals surface area contributed by atoms with Crippen molar-refractivity contribution in [2.45, 2.75) is 20.0 Å². The van der Waals surface area contributed by atoms with Crippen molar-refractivity contribution >= 4 is 22.8 Å². The number of fused-ring (bicyclic) bond motifs is 2. The minimum absolute atomic E-state index is 0.00353. The van der Waals surface area contributed by atoms with Crippen molar-refractivity contribution in [2.24, 2.45) is 11.3 Å². The highest BCUT2D eigenvalue weighted by Crippen LogP contribution is 2.43. The van der Waals surface area contributed by atoms with Crippen molar-refractivity contribution in [3.63, 3.8) is 0 Å². The van der Waals surface area contributed by atoms with Crippen molar-refractivity contribution in [1.82, 2.24) is 14.4 Å². The second-order valence-electron chi connectivity index (χ2n) is 8.03. The van der Waals surface area contributed by atoms with Gasteiger partial charge in [0, 0.05) is 64.0 Å². The molecule has 7 nitrogen and oxygen atoms in total. The Morgan fingerprint density at radius 2 is 2.07 bits per heavy atom. The molecule has 150 valence electrons. The van der Waals surface area contributed by atoms with E-state index in [1.54, 1.807) is 4.90 Å². The predicted molar refractivity (Wildman–Crippen MR) is 105 cm³/mol. The Morgan fingerprint density at radius 1 is 1.25 bits per heavy atom. The van der Waals surface area contributed by atoms with Gasteiger partial charge in [-0.25, -0.2) is 0 Å². The Labute approximate surface area is 164 Å². The lowest BCUT2D eigenvalue weighted by Gasteiger charge is -2.25. The minimum Gasteiger partial charge on any atom is -0.481 e. The summed E-state index contributed by atoms with van der Waals surface area (Å²) < 4.78 is 7.14. The van der Waals surface area contributed by atoms with Gasteiger partial charge in [0.05, 0.1) is 0 Å². The third-order valence-corrected chi connectivity index (χ3v) is 6.31. The highest BCUT2D eigenvalue weighted by molar-refractivity contribution is 5.82. The molecule has 4 rings (SSSR count). The monoisotopic (exact) mass is 385 g/mol. The van der Waals surface area contributed by atoms with Crippen LogP contribution in [-0.2, 0) is 27.4 Å². The van der Waals surface area contributed by atoms with Crippen molar-refractivity contribution in [3.8, 4) is 0 Å². The molecule has 2 aliphatic heterocycles. The average Bonchev–Trinajstić information content (AvgIpc) is 3.32. The lowest BCUT2D eigenvalue weighted by molar-refractivity contribution is -0.149. The van der Waals surface area contributed by atoms with Gasteiger partial charge >= 0.3 is 5.97 Å². The second-order valence-corrected chi connectivity index (χ2v) is 8.03. The first kappa shape index (κ1) is 19.0. The molecule has 2 aromatic rings. The highest BCUT2D eigenvalue weighted by Gasteiger charge is 2.58. The van der Waals surface area contributed by atoms with E-state index in [2.05, 4.69) is 46.9 Å². The van der Waals surface area contributed by atoms with Crippen LogP contribution in [0.3, 0.4) is 0 Å². The number of carboxylic acids is 1. The van der Waals surface area contributed by atoms with Crippen molar-refractivity contribution in [1.29, 1.82) is 0 Å². The van der Waals surface area contributed by atoms with Gasteiger partial charge in [-0.3, -0.25) is 14.5 Å². The number of hydrogen-bond donors (Lipinski definition) is 1. The van der Waals surface area contributed by atoms with Gasteiger partial charge in [-0.05, 0) is 36.1 Å². The van der Waals surface area contributed by atoms with Crippen LogP contribution in [0.2, 0.25) is 0 Å². The standard InChI is InChI=1S/C21H27N3O4/c1-3-23-7-6-16-8-15(4-5-18(16)23)9-22-10-17-11-24(19(25)12-28-2)14-21(17,13-22)20(26)27/h4-8,17H,3,9-14H2,1-2H3,(H,26,27)/t17-,21-/m0/s1. The zero-order valence-electron chi connectivity index (χ0n) is 16.4. The van der Waals surface area contributed by atoms with Crippen LogP contribution in [0.5, 0.6) is 0 Å². The molecule has 0 spiro atoms. The molecule has 0 saturated carbocycles. The first-order valence-corrected chi connectivity index (χ1v) is 9.77. The van der Waals surface area contributed by atoms with Gasteiger partial charge in [-0.1, -0.05) is 6.07 Å². The SMILES string of the molecule is CCn1ccc2cc(CN3C[C@H]4CN(C(=O)COC)C[C@@]4(C(=O)O)C3)ccc21. The number of methoxy groups -OCH3 is 1. The quantitative estimate of drug-likeness (QED) is 0.818. The maximum atomic E-state index is 12.2. The fourth-order valence-electron chi connectivity index (χ4n) is 4.88. The first-order valence-electron chi connectivity index (χ1n) is 9.77. The van der Waals surface area contributed by atoms with E-state index in [-0.39, 0.29) is 25.0 Å². The molecule has 2 atom stereocenters. The lowest BCUT2D eigenvalue weighted by Crippen LogP contribution is -2.42. The van der Waals surface area contributed by atoms with Crippen molar-refractivity contribution in [3.05, 3.63) is 36.0 Å². The minimum atomic E-state index is -0.876. The number of aromatic nitrogens is 1. The normalized spacial score (nSPS) is 24.8. The summed E-state index contributed by atoms with van der Waals surface area (Å²) in [6.45, 7) is 5.72. The molecular weight excluding hydrogens is 358 g/mol. The van der Waals surface area contributed by atoms with Crippen LogP contribution in [0.15, 0.2) is 30.5 Å². The number of carbonyl (C=O) groups is 2. The van der Waals surface area contributed by atoms with E-state index < -0.39 is 11.4 Å². The second kappa shape index (κ2) is 7.22. The van der Waals surface area contributed by atoms with Gasteiger partial charge in [0.1, 0.15) is 12.0 Å². The molecule has 1 amide bonds. The molecule has 2 aliphatic rings. The van der Waals surface area contributed by atoms with Crippen LogP contribution in [0.4, 0.5) is 0 Å². The molecule has 1 N–H and O–H groups in total. The topological polar surface area (TPSA) is 75.0 Å². The molecule has 0 radical (unpaired) electrons. The smallest absolute Gasteiger partial charge is 0.313 e. The molecular formula is C21H27N3O4. The summed E-state index contributed by atoms with van der Waals surface area (Å²) in [5.74, 6) is -0.978. The highest BCUT2D eigenvalue weighted by atomic mass is 16.5. The molecule has 2 saturated heterocycles. The molecule has 0 unspecified atom stereocenters. The van der Waals surface area contributed by atoms with Crippen molar-refractivity contribution in [2.75, 3.05) is 39.9 Å². The maximum absolute atomic E-state index is 12.2. The first-order chi connectivity index (χ1) is 13.5. The van der Waals surface area contributed by atoms with E-state index in [0.717, 1.165) is 13.1 Å². The van der Waals surface area contributed by atoms with Crippen LogP contribution in [-0.4, -0.2) is 71.2 Å². The summed E-state index contributed by atoms with van der Waals surface area (Å²) in [7, 11) is 1.48. The van der Waals surface area contributed by atoms with Crippen molar-refractivity contribution < 1.29 is 19.4 Å². The van der Waals surface area contributed by atoms with E-state index in [1.807, 2.05) is 0 Å². The van der Waals surface area contributed by atoms with Crippen LogP contribution in [0, 0.1) is 11.3 Å². The number of nitrogens with zero attached hydrogens (tertiary/aromatic N) is 3. The number of benzene rings is 1. The van der Waals surface area contributed by atoms with Gasteiger partial charge in [0.2, 0.25) is 5.91 Å². The summed E-state index contributed by atoms with van der Waals surface area (Å²) >= 11 is 0.